The lowest BCUT2D eigenvalue weighted by atomic mass is 9.85. The van der Waals surface area contributed by atoms with Gasteiger partial charge in [0.15, 0.2) is 0 Å². The van der Waals surface area contributed by atoms with E-state index in [-0.39, 0.29) is 23.6 Å². The van der Waals surface area contributed by atoms with Crippen molar-refractivity contribution in [3.63, 3.8) is 0 Å². The number of aromatic nitrogens is 1. The Morgan fingerprint density at radius 1 is 1.14 bits per heavy atom. The number of likely N-dealkylation sites (tertiary alicyclic amines) is 1. The van der Waals surface area contributed by atoms with Crippen LogP contribution in [0.3, 0.4) is 0 Å². The maximum Gasteiger partial charge on any atom is 0.327 e. The highest BCUT2D eigenvalue weighted by Crippen LogP contribution is 2.38. The van der Waals surface area contributed by atoms with Crippen LogP contribution >= 0.6 is 0 Å². The molecule has 2 saturated heterocycles. The van der Waals surface area contributed by atoms with Crippen molar-refractivity contribution in [3.8, 4) is 5.75 Å². The summed E-state index contributed by atoms with van der Waals surface area (Å²) >= 11 is 0. The fraction of sp³-hybridized carbons (Fsp3) is 0.333. The smallest absolute Gasteiger partial charge is 0.327 e. The number of likely N-dealkylation sites (N-methyl/N-ethyl adjacent to an activating group) is 1. The number of imide groups is 1. The van der Waals surface area contributed by atoms with Crippen molar-refractivity contribution >= 4 is 17.8 Å². The average Bonchev–Trinajstić information content (AvgIpc) is 2.91. The summed E-state index contributed by atoms with van der Waals surface area (Å²) in [5.41, 5.74) is 0.316. The Balaban J connectivity index is 1.55. The number of urea groups is 1. The second-order valence-electron chi connectivity index (χ2n) is 7.47. The molecule has 0 unspecified atom stereocenters. The first-order valence-electron chi connectivity index (χ1n) is 9.49. The average molecular weight is 394 g/mol. The Bertz CT molecular complexity index is 954. The van der Waals surface area contributed by atoms with E-state index in [2.05, 4.69) is 4.98 Å². The van der Waals surface area contributed by atoms with Crippen LogP contribution in [0.2, 0.25) is 0 Å². The van der Waals surface area contributed by atoms with Gasteiger partial charge in [0.1, 0.15) is 11.3 Å². The van der Waals surface area contributed by atoms with Gasteiger partial charge in [0.25, 0.3) is 11.8 Å². The largest absolute Gasteiger partial charge is 0.506 e. The Morgan fingerprint density at radius 2 is 1.83 bits per heavy atom. The van der Waals surface area contributed by atoms with E-state index in [1.165, 1.54) is 30.4 Å². The van der Waals surface area contributed by atoms with Crippen molar-refractivity contribution < 1.29 is 19.5 Å². The topological polar surface area (TPSA) is 94.1 Å². The molecule has 0 bridgehead atoms. The summed E-state index contributed by atoms with van der Waals surface area (Å²) < 4.78 is 0. The van der Waals surface area contributed by atoms with Crippen molar-refractivity contribution in [1.82, 2.24) is 19.7 Å². The third-order valence-corrected chi connectivity index (χ3v) is 5.77. The summed E-state index contributed by atoms with van der Waals surface area (Å²) in [4.78, 5) is 46.8. The van der Waals surface area contributed by atoms with Crippen LogP contribution in [0.5, 0.6) is 5.75 Å². The first kappa shape index (κ1) is 18.9. The molecule has 2 aliphatic heterocycles. The van der Waals surface area contributed by atoms with Crippen LogP contribution in [0.15, 0.2) is 48.8 Å². The summed E-state index contributed by atoms with van der Waals surface area (Å²) in [5.74, 6) is -0.538. The summed E-state index contributed by atoms with van der Waals surface area (Å²) in [6, 6.07) is 10.6. The summed E-state index contributed by atoms with van der Waals surface area (Å²) in [6.07, 6.45) is 3.41. The van der Waals surface area contributed by atoms with Gasteiger partial charge in [-0.2, -0.15) is 0 Å². The van der Waals surface area contributed by atoms with Gasteiger partial charge >= 0.3 is 6.03 Å². The molecule has 0 saturated carbocycles. The monoisotopic (exact) mass is 394 g/mol. The molecule has 2 aliphatic rings. The predicted octanol–water partition coefficient (Wildman–Crippen LogP) is 1.86. The van der Waals surface area contributed by atoms with E-state index >= 15 is 0 Å². The van der Waals surface area contributed by atoms with E-state index in [9.17, 15) is 19.5 Å². The number of aromatic hydroxyl groups is 1. The molecule has 1 N–H and O–H groups in total. The molecular weight excluding hydrogens is 372 g/mol. The second kappa shape index (κ2) is 7.20. The normalized spacial score (nSPS) is 18.6. The van der Waals surface area contributed by atoms with Gasteiger partial charge in [-0.25, -0.2) is 4.79 Å². The molecule has 4 rings (SSSR count). The first-order valence-corrected chi connectivity index (χ1v) is 9.49. The number of hydrogen-bond donors (Lipinski definition) is 1. The summed E-state index contributed by atoms with van der Waals surface area (Å²) in [7, 11) is 1.51. The van der Waals surface area contributed by atoms with E-state index in [1.54, 1.807) is 9.80 Å². The maximum atomic E-state index is 13.0. The Kier molecular flexibility index (Phi) is 4.70. The van der Waals surface area contributed by atoms with Gasteiger partial charge in [0, 0.05) is 32.9 Å². The fourth-order valence-electron chi connectivity index (χ4n) is 4.15. The van der Waals surface area contributed by atoms with E-state index < -0.39 is 5.54 Å². The van der Waals surface area contributed by atoms with Crippen molar-refractivity contribution in [2.24, 2.45) is 0 Å². The molecular formula is C21H22N4O4. The first-order chi connectivity index (χ1) is 13.9. The number of amides is 4. The lowest BCUT2D eigenvalue weighted by molar-refractivity contribution is -0.134. The molecule has 2 aromatic rings. The third kappa shape index (κ3) is 3.20. The molecule has 0 radical (unpaired) electrons. The second-order valence-corrected chi connectivity index (χ2v) is 7.47. The molecule has 3 heterocycles. The van der Waals surface area contributed by atoms with Crippen LogP contribution in [0.4, 0.5) is 4.79 Å². The van der Waals surface area contributed by atoms with Gasteiger partial charge in [0.05, 0.1) is 11.8 Å². The van der Waals surface area contributed by atoms with Crippen molar-refractivity contribution in [2.45, 2.75) is 24.9 Å². The van der Waals surface area contributed by atoms with Crippen LogP contribution < -0.4 is 0 Å². The molecule has 8 heteroatoms. The number of carbonyl (C=O) groups excluding carboxylic acids is 3. The number of hydrogen-bond acceptors (Lipinski definition) is 5. The molecule has 150 valence electrons. The Morgan fingerprint density at radius 3 is 2.48 bits per heavy atom. The van der Waals surface area contributed by atoms with Gasteiger partial charge < -0.3 is 14.9 Å². The lowest BCUT2D eigenvalue weighted by Crippen LogP contribution is -2.57. The minimum Gasteiger partial charge on any atom is -0.506 e. The highest BCUT2D eigenvalue weighted by molar-refractivity contribution is 6.07. The van der Waals surface area contributed by atoms with Gasteiger partial charge in [-0.05, 0) is 24.5 Å². The maximum absolute atomic E-state index is 13.0. The van der Waals surface area contributed by atoms with Crippen LogP contribution in [0.25, 0.3) is 0 Å². The zero-order valence-corrected chi connectivity index (χ0v) is 16.1. The van der Waals surface area contributed by atoms with Crippen LogP contribution in [0.1, 0.15) is 28.8 Å². The Hall–Kier alpha value is -3.42. The highest BCUT2D eigenvalue weighted by Gasteiger charge is 2.57. The molecule has 1 spiro atoms. The summed E-state index contributed by atoms with van der Waals surface area (Å²) in [5, 5.41) is 9.57. The number of benzene rings is 1. The SMILES string of the molecule is CN1C(=O)N(Cc2ccccc2)C2(CCN(C(=O)c3cncc(O)c3)CC2)C1=O. The van der Waals surface area contributed by atoms with E-state index in [4.69, 9.17) is 0 Å². The predicted molar refractivity (Wildman–Crippen MR) is 104 cm³/mol. The zero-order valence-electron chi connectivity index (χ0n) is 16.1. The van der Waals surface area contributed by atoms with Gasteiger partial charge in [0.2, 0.25) is 0 Å². The molecule has 1 aromatic heterocycles. The van der Waals surface area contributed by atoms with Crippen LogP contribution in [-0.4, -0.2) is 68.3 Å². The van der Waals surface area contributed by atoms with Crippen molar-refractivity contribution in [1.29, 1.82) is 0 Å². The van der Waals surface area contributed by atoms with Crippen molar-refractivity contribution in [2.75, 3.05) is 20.1 Å². The van der Waals surface area contributed by atoms with Crippen molar-refractivity contribution in [3.05, 3.63) is 59.9 Å². The number of carbonyl (C=O) groups is 3. The number of rotatable bonds is 3. The molecule has 8 nitrogen and oxygen atoms in total. The van der Waals surface area contributed by atoms with Crippen LogP contribution in [-0.2, 0) is 11.3 Å². The Labute approximate surface area is 168 Å². The standard InChI is InChI=1S/C21H22N4O4/c1-23-19(28)21(25(20(23)29)14-15-5-3-2-4-6-15)7-9-24(10-8-21)18(27)16-11-17(26)13-22-12-16/h2-6,11-13,26H,7-10,14H2,1H3. The lowest BCUT2D eigenvalue weighted by Gasteiger charge is -2.42. The van der Waals surface area contributed by atoms with Gasteiger partial charge in [-0.15, -0.1) is 0 Å². The molecule has 29 heavy (non-hydrogen) atoms. The molecule has 0 aliphatic carbocycles. The molecule has 1 aromatic carbocycles. The molecule has 4 amide bonds. The summed E-state index contributed by atoms with van der Waals surface area (Å²) in [6.45, 7) is 1.03. The van der Waals surface area contributed by atoms with Gasteiger partial charge in [-0.3, -0.25) is 19.5 Å². The number of pyridine rings is 1. The van der Waals surface area contributed by atoms with E-state index in [0.29, 0.717) is 38.0 Å². The highest BCUT2D eigenvalue weighted by atomic mass is 16.3. The third-order valence-electron chi connectivity index (χ3n) is 5.77. The quantitative estimate of drug-likeness (QED) is 0.802. The van der Waals surface area contributed by atoms with E-state index in [0.717, 1.165) is 5.56 Å². The molecule has 0 atom stereocenters. The molecule has 2 fully saturated rings. The fourth-order valence-corrected chi connectivity index (χ4v) is 4.15. The van der Waals surface area contributed by atoms with E-state index in [1.807, 2.05) is 30.3 Å². The zero-order chi connectivity index (χ0) is 20.6. The minimum absolute atomic E-state index is 0.0726. The minimum atomic E-state index is -0.935. The number of nitrogens with zero attached hydrogens (tertiary/aromatic N) is 4. The number of piperidine rings is 1. The van der Waals surface area contributed by atoms with Gasteiger partial charge in [-0.1, -0.05) is 30.3 Å². The van der Waals surface area contributed by atoms with Crippen LogP contribution in [0, 0.1) is 0 Å².